The minimum atomic E-state index is -5.11. The van der Waals surface area contributed by atoms with E-state index in [-0.39, 0.29) is 11.8 Å². The third-order valence-corrected chi connectivity index (χ3v) is 4.68. The molecule has 0 spiro atoms. The van der Waals surface area contributed by atoms with Crippen molar-refractivity contribution in [2.24, 2.45) is 5.92 Å². The van der Waals surface area contributed by atoms with E-state index in [0.29, 0.717) is 22.8 Å². The standard InChI is InChI=1S/C20H15F6N3O4/c1-33-14-4-2-13(3-5-14)29-17(31)15(9-27-18(29)32)16(30)28-12-7-10(19(21,22)23)6-11(8-12)20(24,25)26/h2-8,15H,9H2,1H3,(H,27,32)(H,28,30). The first kappa shape index (κ1) is 23.9. The molecule has 176 valence electrons. The number of urea groups is 1. The largest absolute Gasteiger partial charge is 0.497 e. The number of rotatable bonds is 4. The summed E-state index contributed by atoms with van der Waals surface area (Å²) < 4.78 is 83.1. The zero-order valence-corrected chi connectivity index (χ0v) is 16.7. The number of imide groups is 1. The summed E-state index contributed by atoms with van der Waals surface area (Å²) in [5.41, 5.74) is -3.98. The van der Waals surface area contributed by atoms with Gasteiger partial charge in [0.1, 0.15) is 11.7 Å². The Morgan fingerprint density at radius 2 is 1.55 bits per heavy atom. The molecule has 2 aromatic carbocycles. The van der Waals surface area contributed by atoms with Gasteiger partial charge in [0.15, 0.2) is 0 Å². The molecule has 0 bridgehead atoms. The second kappa shape index (κ2) is 8.64. The van der Waals surface area contributed by atoms with E-state index in [1.54, 1.807) is 0 Å². The second-order valence-corrected chi connectivity index (χ2v) is 6.89. The Hall–Kier alpha value is -3.77. The third kappa shape index (κ3) is 5.18. The number of hydrogen-bond acceptors (Lipinski definition) is 4. The molecule has 7 nitrogen and oxygen atoms in total. The Bertz CT molecular complexity index is 1050. The summed E-state index contributed by atoms with van der Waals surface area (Å²) in [6.45, 7) is -0.499. The normalized spacial score (nSPS) is 16.9. The van der Waals surface area contributed by atoms with Crippen LogP contribution in [0.3, 0.4) is 0 Å². The molecule has 1 atom stereocenters. The number of halogens is 6. The SMILES string of the molecule is COc1ccc(N2C(=O)NCC(C(=O)Nc3cc(C(F)(F)F)cc(C(F)(F)F)c3)C2=O)cc1. The van der Waals surface area contributed by atoms with Crippen LogP contribution in [0.5, 0.6) is 5.75 Å². The molecule has 4 amide bonds. The quantitative estimate of drug-likeness (QED) is 0.516. The number of carbonyl (C=O) groups is 3. The van der Waals surface area contributed by atoms with E-state index in [4.69, 9.17) is 4.74 Å². The lowest BCUT2D eigenvalue weighted by molar-refractivity contribution is -0.143. The number of benzene rings is 2. The van der Waals surface area contributed by atoms with Gasteiger partial charge in [-0.1, -0.05) is 0 Å². The molecule has 2 N–H and O–H groups in total. The minimum Gasteiger partial charge on any atom is -0.497 e. The molecule has 1 unspecified atom stereocenters. The summed E-state index contributed by atoms with van der Waals surface area (Å²) in [5, 5.41) is 4.21. The number of methoxy groups -OCH3 is 1. The van der Waals surface area contributed by atoms with Gasteiger partial charge in [-0.25, -0.2) is 9.69 Å². The Kier molecular flexibility index (Phi) is 6.25. The number of hydrogen-bond donors (Lipinski definition) is 2. The van der Waals surface area contributed by atoms with Crippen molar-refractivity contribution in [3.05, 3.63) is 53.6 Å². The van der Waals surface area contributed by atoms with Crippen LogP contribution in [-0.4, -0.2) is 31.5 Å². The van der Waals surface area contributed by atoms with Crippen LogP contribution in [0.1, 0.15) is 11.1 Å². The fraction of sp³-hybridized carbons (Fsp3) is 0.250. The molecule has 0 aromatic heterocycles. The van der Waals surface area contributed by atoms with E-state index in [1.165, 1.54) is 31.4 Å². The van der Waals surface area contributed by atoms with Crippen LogP contribution >= 0.6 is 0 Å². The molecule has 1 aliphatic heterocycles. The second-order valence-electron chi connectivity index (χ2n) is 6.89. The summed E-state index contributed by atoms with van der Waals surface area (Å²) in [7, 11) is 1.39. The predicted octanol–water partition coefficient (Wildman–Crippen LogP) is 4.04. The summed E-state index contributed by atoms with van der Waals surface area (Å²) in [6, 6.07) is 5.31. The monoisotopic (exact) mass is 475 g/mol. The van der Waals surface area contributed by atoms with E-state index in [0.717, 1.165) is 0 Å². The molecule has 1 aliphatic rings. The lowest BCUT2D eigenvalue weighted by Gasteiger charge is -2.30. The molecule has 13 heteroatoms. The summed E-state index contributed by atoms with van der Waals surface area (Å²) >= 11 is 0. The van der Waals surface area contributed by atoms with Crippen LogP contribution in [0.25, 0.3) is 0 Å². The first-order chi connectivity index (χ1) is 15.3. The van der Waals surface area contributed by atoms with Gasteiger partial charge in [0.05, 0.1) is 23.9 Å². The number of anilines is 2. The summed E-state index contributed by atoms with van der Waals surface area (Å²) in [6.07, 6.45) is -10.2. The number of nitrogens with zero attached hydrogens (tertiary/aromatic N) is 1. The molecule has 1 heterocycles. The Labute approximate surface area is 182 Å². The molecule has 0 radical (unpaired) electrons. The molecule has 1 fully saturated rings. The Morgan fingerprint density at radius 1 is 1.00 bits per heavy atom. The highest BCUT2D eigenvalue weighted by Crippen LogP contribution is 2.37. The zero-order valence-electron chi connectivity index (χ0n) is 16.7. The Morgan fingerprint density at radius 3 is 2.03 bits per heavy atom. The van der Waals surface area contributed by atoms with Crippen LogP contribution < -0.4 is 20.3 Å². The number of alkyl halides is 6. The van der Waals surface area contributed by atoms with Gasteiger partial charge in [-0.15, -0.1) is 0 Å². The fourth-order valence-electron chi connectivity index (χ4n) is 3.05. The smallest absolute Gasteiger partial charge is 0.416 e. The van der Waals surface area contributed by atoms with Gasteiger partial charge in [0.25, 0.3) is 0 Å². The molecule has 0 aliphatic carbocycles. The summed E-state index contributed by atoms with van der Waals surface area (Å²) in [5.74, 6) is -3.38. The van der Waals surface area contributed by atoms with E-state index in [9.17, 15) is 40.7 Å². The highest BCUT2D eigenvalue weighted by Gasteiger charge is 2.41. The van der Waals surface area contributed by atoms with Crippen LogP contribution in [0.4, 0.5) is 42.5 Å². The van der Waals surface area contributed by atoms with Crippen molar-refractivity contribution in [3.8, 4) is 5.75 Å². The molecule has 33 heavy (non-hydrogen) atoms. The van der Waals surface area contributed by atoms with Crippen molar-refractivity contribution in [1.82, 2.24) is 5.32 Å². The van der Waals surface area contributed by atoms with E-state index in [1.807, 2.05) is 5.32 Å². The van der Waals surface area contributed by atoms with Crippen molar-refractivity contribution in [2.45, 2.75) is 12.4 Å². The fourth-order valence-corrected chi connectivity index (χ4v) is 3.05. The maximum atomic E-state index is 13.0. The van der Waals surface area contributed by atoms with Gasteiger partial charge in [-0.05, 0) is 42.5 Å². The lowest BCUT2D eigenvalue weighted by Crippen LogP contribution is -2.58. The molecule has 0 saturated carbocycles. The number of nitrogens with one attached hydrogen (secondary N) is 2. The first-order valence-corrected chi connectivity index (χ1v) is 9.17. The molecular weight excluding hydrogens is 460 g/mol. The average molecular weight is 475 g/mol. The van der Waals surface area contributed by atoms with Gasteiger partial charge >= 0.3 is 18.4 Å². The predicted molar refractivity (Wildman–Crippen MR) is 102 cm³/mol. The molecular formula is C20H15F6N3O4. The third-order valence-electron chi connectivity index (χ3n) is 4.68. The van der Waals surface area contributed by atoms with Crippen LogP contribution in [-0.2, 0) is 21.9 Å². The number of carbonyl (C=O) groups excluding carboxylic acids is 3. The van der Waals surface area contributed by atoms with Crippen molar-refractivity contribution in [2.75, 3.05) is 23.9 Å². The van der Waals surface area contributed by atoms with Gasteiger partial charge in [0.2, 0.25) is 11.8 Å². The number of amides is 4. The highest BCUT2D eigenvalue weighted by molar-refractivity contribution is 6.23. The molecule has 3 rings (SSSR count). The highest BCUT2D eigenvalue weighted by atomic mass is 19.4. The number of ether oxygens (including phenoxy) is 1. The summed E-state index contributed by atoms with van der Waals surface area (Å²) in [4.78, 5) is 38.2. The maximum Gasteiger partial charge on any atom is 0.416 e. The van der Waals surface area contributed by atoms with E-state index in [2.05, 4.69) is 5.32 Å². The van der Waals surface area contributed by atoms with Gasteiger partial charge in [-0.3, -0.25) is 9.59 Å². The van der Waals surface area contributed by atoms with Crippen LogP contribution in [0.15, 0.2) is 42.5 Å². The zero-order chi connectivity index (χ0) is 24.6. The average Bonchev–Trinajstić information content (AvgIpc) is 2.72. The molecule has 2 aromatic rings. The van der Waals surface area contributed by atoms with Gasteiger partial charge in [-0.2, -0.15) is 26.3 Å². The van der Waals surface area contributed by atoms with Crippen LogP contribution in [0.2, 0.25) is 0 Å². The van der Waals surface area contributed by atoms with E-state index < -0.39 is 59.5 Å². The minimum absolute atomic E-state index is 0.0780. The maximum absolute atomic E-state index is 13.0. The van der Waals surface area contributed by atoms with Crippen molar-refractivity contribution in [1.29, 1.82) is 0 Å². The lowest BCUT2D eigenvalue weighted by atomic mass is 10.0. The molecule has 1 saturated heterocycles. The van der Waals surface area contributed by atoms with Gasteiger partial charge < -0.3 is 15.4 Å². The topological polar surface area (TPSA) is 87.7 Å². The Balaban J connectivity index is 1.87. The van der Waals surface area contributed by atoms with Crippen molar-refractivity contribution in [3.63, 3.8) is 0 Å². The van der Waals surface area contributed by atoms with E-state index >= 15 is 0 Å². The van der Waals surface area contributed by atoms with Crippen molar-refractivity contribution < 1.29 is 45.5 Å². The van der Waals surface area contributed by atoms with Crippen LogP contribution in [0, 0.1) is 5.92 Å². The van der Waals surface area contributed by atoms with Crippen molar-refractivity contribution >= 4 is 29.2 Å². The first-order valence-electron chi connectivity index (χ1n) is 9.17. The van der Waals surface area contributed by atoms with Gasteiger partial charge in [0, 0.05) is 12.2 Å².